The second kappa shape index (κ2) is 7.47. The lowest BCUT2D eigenvalue weighted by Crippen LogP contribution is -2.18. The van der Waals surface area contributed by atoms with E-state index in [1.165, 1.54) is 16.7 Å². The molecule has 0 saturated heterocycles. The molecule has 21 heavy (non-hydrogen) atoms. The topological polar surface area (TPSA) is 45.0 Å². The monoisotopic (exact) mass is 280 g/mol. The maximum absolute atomic E-state index is 8.48. The molecule has 0 aliphatic carbocycles. The van der Waals surface area contributed by atoms with E-state index in [-0.39, 0.29) is 12.6 Å². The Morgan fingerprint density at radius 2 is 1.95 bits per heavy atom. The summed E-state index contributed by atoms with van der Waals surface area (Å²) in [5.41, 5.74) is 3.77. The fourth-order valence-electron chi connectivity index (χ4n) is 2.18. The van der Waals surface area contributed by atoms with Crippen LogP contribution in [0.4, 0.5) is 0 Å². The van der Waals surface area contributed by atoms with E-state index in [0.29, 0.717) is 0 Å². The third-order valence-electron chi connectivity index (χ3n) is 3.38. The molecule has 0 amide bonds. The summed E-state index contributed by atoms with van der Waals surface area (Å²) < 4.78 is 5.25. The van der Waals surface area contributed by atoms with E-state index >= 15 is 0 Å². The normalized spacial score (nSPS) is 11.7. The Kier molecular flexibility index (Phi) is 5.36. The van der Waals surface area contributed by atoms with Crippen molar-refractivity contribution in [2.24, 2.45) is 0 Å². The fraction of sp³-hybridized carbons (Fsp3) is 0.278. The van der Waals surface area contributed by atoms with Gasteiger partial charge in [-0.15, -0.1) is 0 Å². The first-order chi connectivity index (χ1) is 10.2. The lowest BCUT2D eigenvalue weighted by molar-refractivity contribution is 0.368. The Balaban J connectivity index is 1.91. The van der Waals surface area contributed by atoms with Gasteiger partial charge in [-0.25, -0.2) is 0 Å². The summed E-state index contributed by atoms with van der Waals surface area (Å²) >= 11 is 0. The van der Waals surface area contributed by atoms with Crippen molar-refractivity contribution in [3.63, 3.8) is 0 Å². The van der Waals surface area contributed by atoms with Crippen LogP contribution in [0.2, 0.25) is 0 Å². The highest BCUT2D eigenvalue weighted by Crippen LogP contribution is 2.18. The van der Waals surface area contributed by atoms with Gasteiger partial charge in [0.15, 0.2) is 6.61 Å². The number of hydrogen-bond donors (Lipinski definition) is 1. The van der Waals surface area contributed by atoms with Crippen LogP contribution >= 0.6 is 0 Å². The Morgan fingerprint density at radius 1 is 1.19 bits per heavy atom. The van der Waals surface area contributed by atoms with Crippen LogP contribution in [0.15, 0.2) is 48.5 Å². The first kappa shape index (κ1) is 15.1. The largest absolute Gasteiger partial charge is 0.479 e. The van der Waals surface area contributed by atoms with Gasteiger partial charge in [0.2, 0.25) is 0 Å². The number of aryl methyl sites for hydroxylation is 1. The van der Waals surface area contributed by atoms with Gasteiger partial charge < -0.3 is 10.1 Å². The SMILES string of the molecule is Cc1cccc(CNC(C)c2ccc(OCC#N)cc2)c1. The molecule has 2 rings (SSSR count). The van der Waals surface area contributed by atoms with Crippen LogP contribution in [0, 0.1) is 18.3 Å². The molecule has 0 spiro atoms. The summed E-state index contributed by atoms with van der Waals surface area (Å²) in [6.45, 7) is 5.17. The summed E-state index contributed by atoms with van der Waals surface area (Å²) in [6.07, 6.45) is 0. The standard InChI is InChI=1S/C18H20N2O/c1-14-4-3-5-16(12-14)13-20-15(2)17-6-8-18(9-7-17)21-11-10-19/h3-9,12,15,20H,11,13H2,1-2H3. The van der Waals surface area contributed by atoms with Gasteiger partial charge in [0.1, 0.15) is 11.8 Å². The molecular formula is C18H20N2O. The first-order valence-electron chi connectivity index (χ1n) is 7.07. The Hall–Kier alpha value is -2.31. The number of nitriles is 1. The van der Waals surface area contributed by atoms with Crippen molar-refractivity contribution < 1.29 is 4.74 Å². The number of hydrogen-bond acceptors (Lipinski definition) is 3. The van der Waals surface area contributed by atoms with Gasteiger partial charge in [-0.1, -0.05) is 42.0 Å². The number of nitrogens with one attached hydrogen (secondary N) is 1. The minimum atomic E-state index is 0.0838. The summed E-state index contributed by atoms with van der Waals surface area (Å²) in [5, 5.41) is 12.0. The first-order valence-corrected chi connectivity index (χ1v) is 7.07. The predicted molar refractivity (Wildman–Crippen MR) is 84.0 cm³/mol. The average Bonchev–Trinajstić information content (AvgIpc) is 2.51. The van der Waals surface area contributed by atoms with Crippen LogP contribution < -0.4 is 10.1 Å². The van der Waals surface area contributed by atoms with Crippen molar-refractivity contribution in [3.05, 3.63) is 65.2 Å². The molecule has 0 fully saturated rings. The molecule has 0 heterocycles. The second-order valence-electron chi connectivity index (χ2n) is 5.11. The molecule has 1 N–H and O–H groups in total. The van der Waals surface area contributed by atoms with Crippen LogP contribution in [-0.4, -0.2) is 6.61 Å². The Labute approximate surface area is 126 Å². The van der Waals surface area contributed by atoms with Crippen LogP contribution in [0.25, 0.3) is 0 Å². The molecule has 1 unspecified atom stereocenters. The smallest absolute Gasteiger partial charge is 0.174 e. The zero-order valence-corrected chi connectivity index (χ0v) is 12.5. The fourth-order valence-corrected chi connectivity index (χ4v) is 2.18. The number of nitrogens with zero attached hydrogens (tertiary/aromatic N) is 1. The number of rotatable bonds is 6. The van der Waals surface area contributed by atoms with E-state index in [9.17, 15) is 0 Å². The molecule has 108 valence electrons. The van der Waals surface area contributed by atoms with Gasteiger partial charge in [0.05, 0.1) is 0 Å². The van der Waals surface area contributed by atoms with E-state index in [1.807, 2.05) is 30.3 Å². The van der Waals surface area contributed by atoms with Gasteiger partial charge in [0, 0.05) is 12.6 Å². The van der Waals surface area contributed by atoms with E-state index in [0.717, 1.165) is 12.3 Å². The van der Waals surface area contributed by atoms with Crippen LogP contribution in [0.3, 0.4) is 0 Å². The summed E-state index contributed by atoms with van der Waals surface area (Å²) in [7, 11) is 0. The van der Waals surface area contributed by atoms with Crippen molar-refractivity contribution >= 4 is 0 Å². The molecule has 0 aliphatic rings. The quantitative estimate of drug-likeness (QED) is 0.876. The summed E-state index contributed by atoms with van der Waals surface area (Å²) in [6, 6.07) is 18.6. The van der Waals surface area contributed by atoms with Crippen molar-refractivity contribution in [2.75, 3.05) is 6.61 Å². The highest BCUT2D eigenvalue weighted by Gasteiger charge is 2.05. The van der Waals surface area contributed by atoms with E-state index in [4.69, 9.17) is 10.00 Å². The van der Waals surface area contributed by atoms with Gasteiger partial charge >= 0.3 is 0 Å². The third kappa shape index (κ3) is 4.62. The van der Waals surface area contributed by atoms with E-state index in [1.54, 1.807) is 0 Å². The van der Waals surface area contributed by atoms with Crippen LogP contribution in [-0.2, 0) is 6.54 Å². The summed E-state index contributed by atoms with van der Waals surface area (Å²) in [4.78, 5) is 0. The third-order valence-corrected chi connectivity index (χ3v) is 3.38. The van der Waals surface area contributed by atoms with Crippen LogP contribution in [0.5, 0.6) is 5.75 Å². The van der Waals surface area contributed by atoms with E-state index in [2.05, 4.69) is 43.4 Å². The van der Waals surface area contributed by atoms with Crippen molar-refractivity contribution in [1.82, 2.24) is 5.32 Å². The minimum absolute atomic E-state index is 0.0838. The molecule has 3 heteroatoms. The van der Waals surface area contributed by atoms with Gasteiger partial charge in [-0.3, -0.25) is 0 Å². The average molecular weight is 280 g/mol. The molecule has 0 saturated carbocycles. The minimum Gasteiger partial charge on any atom is -0.479 e. The van der Waals surface area contributed by atoms with Gasteiger partial charge in [-0.05, 0) is 37.1 Å². The predicted octanol–water partition coefficient (Wildman–Crippen LogP) is 3.75. The van der Waals surface area contributed by atoms with E-state index < -0.39 is 0 Å². The Bertz CT molecular complexity index is 614. The lowest BCUT2D eigenvalue weighted by Gasteiger charge is -2.15. The van der Waals surface area contributed by atoms with Gasteiger partial charge in [-0.2, -0.15) is 5.26 Å². The maximum atomic E-state index is 8.48. The highest BCUT2D eigenvalue weighted by molar-refractivity contribution is 5.29. The highest BCUT2D eigenvalue weighted by atomic mass is 16.5. The molecular weight excluding hydrogens is 260 g/mol. The molecule has 2 aromatic carbocycles. The molecule has 2 aromatic rings. The molecule has 0 bridgehead atoms. The molecule has 0 aliphatic heterocycles. The maximum Gasteiger partial charge on any atom is 0.174 e. The zero-order valence-electron chi connectivity index (χ0n) is 12.5. The molecule has 0 aromatic heterocycles. The van der Waals surface area contributed by atoms with Crippen LogP contribution in [0.1, 0.15) is 29.7 Å². The number of benzene rings is 2. The zero-order chi connectivity index (χ0) is 15.1. The second-order valence-corrected chi connectivity index (χ2v) is 5.11. The Morgan fingerprint density at radius 3 is 2.62 bits per heavy atom. The number of ether oxygens (including phenoxy) is 1. The van der Waals surface area contributed by atoms with Crippen molar-refractivity contribution in [3.8, 4) is 11.8 Å². The lowest BCUT2D eigenvalue weighted by atomic mass is 10.1. The molecule has 3 nitrogen and oxygen atoms in total. The molecule has 1 atom stereocenters. The molecule has 0 radical (unpaired) electrons. The van der Waals surface area contributed by atoms with Crippen molar-refractivity contribution in [2.45, 2.75) is 26.4 Å². The summed E-state index contributed by atoms with van der Waals surface area (Å²) in [5.74, 6) is 0.728. The van der Waals surface area contributed by atoms with Gasteiger partial charge in [0.25, 0.3) is 0 Å². The van der Waals surface area contributed by atoms with Crippen molar-refractivity contribution in [1.29, 1.82) is 5.26 Å².